The number of carbonyl (C=O) groups is 1. The number of aromatic nitrogens is 2. The summed E-state index contributed by atoms with van der Waals surface area (Å²) in [6.07, 6.45) is 2.84. The van der Waals surface area contributed by atoms with E-state index in [2.05, 4.69) is 9.97 Å². The van der Waals surface area contributed by atoms with Gasteiger partial charge in [0, 0.05) is 32.5 Å². The van der Waals surface area contributed by atoms with E-state index in [0.717, 1.165) is 5.56 Å². The number of nitrogens with zero attached hydrogens (tertiary/aromatic N) is 4. The van der Waals surface area contributed by atoms with Gasteiger partial charge in [0.1, 0.15) is 0 Å². The van der Waals surface area contributed by atoms with Gasteiger partial charge in [-0.1, -0.05) is 6.07 Å². The average Bonchev–Trinajstić information content (AvgIpc) is 2.73. The first-order chi connectivity index (χ1) is 13.1. The molecule has 8 nitrogen and oxygen atoms in total. The van der Waals surface area contributed by atoms with Crippen molar-refractivity contribution in [3.05, 3.63) is 42.2 Å². The number of likely N-dealkylation sites (N-methyl/N-ethyl adjacent to an activating group) is 1. The van der Waals surface area contributed by atoms with E-state index in [1.54, 1.807) is 44.6 Å². The molecule has 2 aromatic rings. The maximum Gasteiger partial charge on any atom is 0.253 e. The van der Waals surface area contributed by atoms with Crippen molar-refractivity contribution in [2.24, 2.45) is 0 Å². The van der Waals surface area contributed by atoms with Crippen LogP contribution >= 0.6 is 0 Å². The summed E-state index contributed by atoms with van der Waals surface area (Å²) in [7, 11) is 4.95. The van der Waals surface area contributed by atoms with Crippen LogP contribution in [0.25, 0.3) is 0 Å². The van der Waals surface area contributed by atoms with Crippen molar-refractivity contribution in [2.75, 3.05) is 45.9 Å². The van der Waals surface area contributed by atoms with Gasteiger partial charge in [-0.3, -0.25) is 4.79 Å². The first kappa shape index (κ1) is 18.9. The van der Waals surface area contributed by atoms with E-state index in [-0.39, 0.29) is 5.91 Å². The summed E-state index contributed by atoms with van der Waals surface area (Å²) >= 11 is 0. The largest absolute Gasteiger partial charge is 0.493 e. The fraction of sp³-hybridized carbons (Fsp3) is 0.421. The van der Waals surface area contributed by atoms with Crippen molar-refractivity contribution in [1.29, 1.82) is 0 Å². The first-order valence-corrected chi connectivity index (χ1v) is 8.72. The van der Waals surface area contributed by atoms with E-state index in [1.165, 1.54) is 0 Å². The third-order valence-electron chi connectivity index (χ3n) is 4.42. The third kappa shape index (κ3) is 4.46. The van der Waals surface area contributed by atoms with E-state index < -0.39 is 6.10 Å². The number of amides is 1. The summed E-state index contributed by atoms with van der Waals surface area (Å²) in [5.74, 6) is 1.83. The lowest BCUT2D eigenvalue weighted by Gasteiger charge is -2.34. The lowest BCUT2D eigenvalue weighted by atomic mass is 10.1. The van der Waals surface area contributed by atoms with Crippen molar-refractivity contribution in [3.63, 3.8) is 0 Å². The second kappa shape index (κ2) is 8.68. The van der Waals surface area contributed by atoms with Gasteiger partial charge >= 0.3 is 0 Å². The Balaban J connectivity index is 1.64. The van der Waals surface area contributed by atoms with Crippen LogP contribution < -0.4 is 14.4 Å². The third-order valence-corrected chi connectivity index (χ3v) is 4.42. The number of anilines is 1. The van der Waals surface area contributed by atoms with Crippen molar-refractivity contribution >= 4 is 11.9 Å². The molecule has 1 amide bonds. The molecule has 27 heavy (non-hydrogen) atoms. The van der Waals surface area contributed by atoms with Crippen LogP contribution in [0.3, 0.4) is 0 Å². The number of benzene rings is 1. The van der Waals surface area contributed by atoms with Gasteiger partial charge in [-0.2, -0.15) is 0 Å². The topological polar surface area (TPSA) is 77.0 Å². The van der Waals surface area contributed by atoms with Crippen LogP contribution in [0, 0.1) is 0 Å². The molecule has 1 aromatic carbocycles. The maximum atomic E-state index is 12.8. The Labute approximate surface area is 158 Å². The lowest BCUT2D eigenvalue weighted by Crippen LogP contribution is -2.50. The Hall–Kier alpha value is -2.87. The Morgan fingerprint density at radius 2 is 2.00 bits per heavy atom. The van der Waals surface area contributed by atoms with Crippen LogP contribution in [-0.4, -0.2) is 67.8 Å². The van der Waals surface area contributed by atoms with Gasteiger partial charge in [-0.15, -0.1) is 0 Å². The maximum absolute atomic E-state index is 12.8. The van der Waals surface area contributed by atoms with Crippen molar-refractivity contribution in [3.8, 4) is 11.5 Å². The fourth-order valence-electron chi connectivity index (χ4n) is 3.01. The van der Waals surface area contributed by atoms with Crippen LogP contribution in [0.2, 0.25) is 0 Å². The molecule has 1 aromatic heterocycles. The molecule has 8 heteroatoms. The fourth-order valence-corrected chi connectivity index (χ4v) is 3.01. The number of methoxy groups -OCH3 is 2. The predicted octanol–water partition coefficient (Wildman–Crippen LogP) is 1.36. The average molecular weight is 372 g/mol. The number of ether oxygens (including phenoxy) is 3. The molecule has 3 rings (SSSR count). The molecule has 0 bridgehead atoms. The second-order valence-electron chi connectivity index (χ2n) is 6.24. The number of morpholine rings is 1. The molecule has 0 N–H and O–H groups in total. The van der Waals surface area contributed by atoms with Gasteiger partial charge in [0.05, 0.1) is 27.4 Å². The predicted molar refractivity (Wildman–Crippen MR) is 100 cm³/mol. The molecular weight excluding hydrogens is 348 g/mol. The van der Waals surface area contributed by atoms with E-state index in [9.17, 15) is 4.79 Å². The second-order valence-corrected chi connectivity index (χ2v) is 6.24. The number of carbonyl (C=O) groups excluding carboxylic acids is 1. The van der Waals surface area contributed by atoms with Crippen LogP contribution in [0.1, 0.15) is 5.56 Å². The minimum Gasteiger partial charge on any atom is -0.493 e. The molecule has 1 saturated heterocycles. The molecule has 0 unspecified atom stereocenters. The Morgan fingerprint density at radius 3 is 2.70 bits per heavy atom. The van der Waals surface area contributed by atoms with Gasteiger partial charge in [-0.05, 0) is 23.8 Å². The summed E-state index contributed by atoms with van der Waals surface area (Å²) in [6, 6.07) is 7.38. The van der Waals surface area contributed by atoms with Gasteiger partial charge in [0.15, 0.2) is 17.6 Å². The van der Waals surface area contributed by atoms with Gasteiger partial charge in [0.25, 0.3) is 5.91 Å². The minimum absolute atomic E-state index is 0.0783. The van der Waals surface area contributed by atoms with Gasteiger partial charge in [0.2, 0.25) is 5.95 Å². The highest BCUT2D eigenvalue weighted by molar-refractivity contribution is 5.81. The Bertz CT molecular complexity index is 772. The summed E-state index contributed by atoms with van der Waals surface area (Å²) in [4.78, 5) is 25.0. The van der Waals surface area contributed by atoms with Crippen LogP contribution in [0.4, 0.5) is 5.95 Å². The Morgan fingerprint density at radius 1 is 1.26 bits per heavy atom. The molecule has 1 fully saturated rings. The normalized spacial score (nSPS) is 16.7. The van der Waals surface area contributed by atoms with Gasteiger partial charge < -0.3 is 24.0 Å². The number of rotatable bonds is 6. The molecule has 2 heterocycles. The van der Waals surface area contributed by atoms with Crippen LogP contribution in [0.15, 0.2) is 36.7 Å². The number of hydrogen-bond donors (Lipinski definition) is 0. The SMILES string of the molecule is COc1ccc(CN(C)C(=O)[C@@H]2CN(c3ncccn3)CCO2)cc1OC. The highest BCUT2D eigenvalue weighted by atomic mass is 16.5. The number of hydrogen-bond acceptors (Lipinski definition) is 7. The van der Waals surface area contributed by atoms with E-state index in [0.29, 0.717) is 43.7 Å². The smallest absolute Gasteiger partial charge is 0.253 e. The standard InChI is InChI=1S/C19H24N4O4/c1-22(12-14-5-6-15(25-2)16(11-14)26-3)18(24)17-13-23(9-10-27-17)19-20-7-4-8-21-19/h4-8,11,17H,9-10,12-13H2,1-3H3/t17-/m0/s1. The quantitative estimate of drug-likeness (QED) is 0.758. The van der Waals surface area contributed by atoms with E-state index >= 15 is 0 Å². The molecule has 144 valence electrons. The highest BCUT2D eigenvalue weighted by Crippen LogP contribution is 2.28. The molecule has 0 radical (unpaired) electrons. The lowest BCUT2D eigenvalue weighted by molar-refractivity contribution is -0.143. The molecule has 0 saturated carbocycles. The Kier molecular flexibility index (Phi) is 6.08. The zero-order valence-electron chi connectivity index (χ0n) is 15.8. The first-order valence-electron chi connectivity index (χ1n) is 8.72. The van der Waals surface area contributed by atoms with Gasteiger partial charge in [-0.25, -0.2) is 9.97 Å². The summed E-state index contributed by atoms with van der Waals surface area (Å²) in [6.45, 7) is 1.99. The molecule has 1 aliphatic heterocycles. The van der Waals surface area contributed by atoms with Crippen molar-refractivity contribution in [2.45, 2.75) is 12.6 Å². The monoisotopic (exact) mass is 372 g/mol. The summed E-state index contributed by atoms with van der Waals surface area (Å²) < 4.78 is 16.3. The summed E-state index contributed by atoms with van der Waals surface area (Å²) in [5.41, 5.74) is 0.947. The van der Waals surface area contributed by atoms with Crippen molar-refractivity contribution in [1.82, 2.24) is 14.9 Å². The van der Waals surface area contributed by atoms with Crippen LogP contribution in [0.5, 0.6) is 11.5 Å². The molecule has 0 spiro atoms. The van der Waals surface area contributed by atoms with E-state index in [1.807, 2.05) is 23.1 Å². The van der Waals surface area contributed by atoms with Crippen LogP contribution in [-0.2, 0) is 16.1 Å². The zero-order valence-corrected chi connectivity index (χ0v) is 15.8. The molecule has 1 aliphatic rings. The minimum atomic E-state index is -0.548. The molecule has 0 aliphatic carbocycles. The molecular formula is C19H24N4O4. The summed E-state index contributed by atoms with van der Waals surface area (Å²) in [5, 5.41) is 0. The molecule has 1 atom stereocenters. The zero-order chi connectivity index (χ0) is 19.2. The highest BCUT2D eigenvalue weighted by Gasteiger charge is 2.30. The van der Waals surface area contributed by atoms with E-state index in [4.69, 9.17) is 14.2 Å². The van der Waals surface area contributed by atoms with Crippen molar-refractivity contribution < 1.29 is 19.0 Å².